The number of allylic oxidation sites excluding steroid dienone is 2. The van der Waals surface area contributed by atoms with Crippen LogP contribution < -0.4 is 29.7 Å². The fourth-order valence-electron chi connectivity index (χ4n) is 4.39. The summed E-state index contributed by atoms with van der Waals surface area (Å²) in [6, 6.07) is 17.0. The first-order chi connectivity index (χ1) is 18.9. The second-order valence-electron chi connectivity index (χ2n) is 8.77. The number of carbonyl (C=O) groups is 2. The molecule has 0 spiro atoms. The lowest BCUT2D eigenvalue weighted by molar-refractivity contribution is -0.118. The number of benzene rings is 2. The molecule has 0 fully saturated rings. The molecule has 0 unspecified atom stereocenters. The number of furan rings is 1. The summed E-state index contributed by atoms with van der Waals surface area (Å²) >= 11 is 1.22. The Labute approximate surface area is 227 Å². The van der Waals surface area contributed by atoms with Crippen molar-refractivity contribution in [3.05, 3.63) is 109 Å². The average Bonchev–Trinajstić information content (AvgIpc) is 3.56. The molecule has 2 aromatic heterocycles. The van der Waals surface area contributed by atoms with Crippen molar-refractivity contribution in [1.82, 2.24) is 4.57 Å². The average molecular weight is 544 g/mol. The molecule has 0 saturated heterocycles. The van der Waals surface area contributed by atoms with Gasteiger partial charge in [-0.3, -0.25) is 19.0 Å². The predicted molar refractivity (Wildman–Crippen MR) is 147 cm³/mol. The first-order valence-corrected chi connectivity index (χ1v) is 12.9. The first-order valence-electron chi connectivity index (χ1n) is 12.1. The largest absolute Gasteiger partial charge is 0.493 e. The number of fused-ring (bicyclic) bond motifs is 1. The van der Waals surface area contributed by atoms with Gasteiger partial charge in [0.2, 0.25) is 0 Å². The molecule has 4 aromatic rings. The molecule has 3 heterocycles. The number of hydrogen-bond donors (Lipinski definition) is 1. The second kappa shape index (κ2) is 11.0. The monoisotopic (exact) mass is 543 g/mol. The van der Waals surface area contributed by atoms with Crippen LogP contribution in [0.5, 0.6) is 11.5 Å². The number of para-hydroxylation sites is 1. The molecule has 0 radical (unpaired) electrons. The van der Waals surface area contributed by atoms with E-state index in [1.807, 2.05) is 18.2 Å². The second-order valence-corrected chi connectivity index (χ2v) is 9.78. The molecule has 0 bridgehead atoms. The fraction of sp³-hybridized carbons (Fsp3) is 0.172. The molecule has 1 amide bonds. The quantitative estimate of drug-likeness (QED) is 0.364. The van der Waals surface area contributed by atoms with Crippen LogP contribution in [0, 0.1) is 0 Å². The van der Waals surface area contributed by atoms with Gasteiger partial charge in [-0.25, -0.2) is 4.99 Å². The van der Waals surface area contributed by atoms with Gasteiger partial charge in [0.25, 0.3) is 11.5 Å². The lowest BCUT2D eigenvalue weighted by Gasteiger charge is -2.22. The van der Waals surface area contributed by atoms with Gasteiger partial charge in [0.15, 0.2) is 28.7 Å². The number of aromatic nitrogens is 1. The Morgan fingerprint density at radius 2 is 1.92 bits per heavy atom. The van der Waals surface area contributed by atoms with Crippen molar-refractivity contribution in [2.24, 2.45) is 4.99 Å². The van der Waals surface area contributed by atoms with Crippen LogP contribution in [0.15, 0.2) is 92.4 Å². The van der Waals surface area contributed by atoms with Gasteiger partial charge in [0.05, 0.1) is 17.9 Å². The van der Waals surface area contributed by atoms with Crippen LogP contribution in [0.25, 0.3) is 6.08 Å². The highest BCUT2D eigenvalue weighted by Crippen LogP contribution is 2.31. The highest BCUT2D eigenvalue weighted by Gasteiger charge is 2.32. The molecule has 5 rings (SSSR count). The van der Waals surface area contributed by atoms with Crippen molar-refractivity contribution in [3.8, 4) is 11.5 Å². The summed E-state index contributed by atoms with van der Waals surface area (Å²) in [5.74, 6) is 0.803. The molecule has 1 N–H and O–H groups in total. The van der Waals surface area contributed by atoms with Gasteiger partial charge < -0.3 is 19.2 Å². The van der Waals surface area contributed by atoms with Crippen LogP contribution in [0.1, 0.15) is 31.2 Å². The van der Waals surface area contributed by atoms with Gasteiger partial charge in [0.1, 0.15) is 11.8 Å². The third kappa shape index (κ3) is 5.32. The molecule has 1 atom stereocenters. The zero-order valence-corrected chi connectivity index (χ0v) is 22.3. The van der Waals surface area contributed by atoms with Crippen molar-refractivity contribution >= 4 is 34.8 Å². The van der Waals surface area contributed by atoms with Gasteiger partial charge in [-0.15, -0.1) is 0 Å². The number of Topliss-reactive ketones (excluding diaryl/α,β-unsaturated/α-hetero) is 1. The third-order valence-electron chi connectivity index (χ3n) is 6.12. The maximum Gasteiger partial charge on any atom is 0.271 e. The highest BCUT2D eigenvalue weighted by atomic mass is 32.1. The Balaban J connectivity index is 1.44. The Morgan fingerprint density at radius 1 is 1.13 bits per heavy atom. The number of anilines is 1. The summed E-state index contributed by atoms with van der Waals surface area (Å²) in [5.41, 5.74) is 2.05. The van der Waals surface area contributed by atoms with Crippen molar-refractivity contribution in [1.29, 1.82) is 0 Å². The molecule has 1 aliphatic heterocycles. The molecular formula is C29H25N3O6S. The maximum atomic E-state index is 13.6. The number of carbonyl (C=O) groups excluding carboxylic acids is 2. The standard InChI is InChI=1S/C29H25N3O6S/c1-17-26(18(2)33)27(22-10-7-13-37-22)32-28(35)24(39-29(32)30-17)15-19-11-12-21(23(14-19)36-3)38-16-25(34)31-20-8-5-4-6-9-20/h4-15,27H,16H2,1-3H3,(H,31,34)/b24-15+/t27-/m1/s1. The Kier molecular flexibility index (Phi) is 7.29. The lowest BCUT2D eigenvalue weighted by Crippen LogP contribution is -2.39. The van der Waals surface area contributed by atoms with E-state index >= 15 is 0 Å². The van der Waals surface area contributed by atoms with Crippen LogP contribution in [-0.2, 0) is 9.59 Å². The molecule has 10 heteroatoms. The van der Waals surface area contributed by atoms with Crippen molar-refractivity contribution < 1.29 is 23.5 Å². The van der Waals surface area contributed by atoms with Gasteiger partial charge in [-0.1, -0.05) is 35.6 Å². The summed E-state index contributed by atoms with van der Waals surface area (Å²) in [6.45, 7) is 3.02. The first kappa shape index (κ1) is 25.9. The van der Waals surface area contributed by atoms with Gasteiger partial charge >= 0.3 is 0 Å². The molecule has 198 valence electrons. The van der Waals surface area contributed by atoms with Crippen molar-refractivity contribution in [2.75, 3.05) is 19.0 Å². The van der Waals surface area contributed by atoms with Gasteiger partial charge in [0, 0.05) is 17.0 Å². The van der Waals surface area contributed by atoms with Crippen LogP contribution in [-0.4, -0.2) is 30.0 Å². The molecule has 0 saturated carbocycles. The minimum atomic E-state index is -0.691. The SMILES string of the molecule is COc1cc(/C=c2/sc3n(c2=O)[C@H](c2ccco2)C(C(C)=O)=C(C)N=3)ccc1OCC(=O)Nc1ccccc1. The normalized spacial score (nSPS) is 14.9. The number of rotatable bonds is 8. The van der Waals surface area contributed by atoms with E-state index in [0.717, 1.165) is 0 Å². The van der Waals surface area contributed by atoms with Crippen LogP contribution >= 0.6 is 11.3 Å². The zero-order valence-electron chi connectivity index (χ0n) is 21.5. The Morgan fingerprint density at radius 3 is 2.62 bits per heavy atom. The molecule has 0 aliphatic carbocycles. The molecule has 9 nitrogen and oxygen atoms in total. The summed E-state index contributed by atoms with van der Waals surface area (Å²) in [7, 11) is 1.50. The van der Waals surface area contributed by atoms with E-state index in [2.05, 4.69) is 10.3 Å². The van der Waals surface area contributed by atoms with Crippen molar-refractivity contribution in [2.45, 2.75) is 19.9 Å². The van der Waals surface area contributed by atoms with E-state index in [9.17, 15) is 14.4 Å². The highest BCUT2D eigenvalue weighted by molar-refractivity contribution is 7.07. The summed E-state index contributed by atoms with van der Waals surface area (Å²) < 4.78 is 18.7. The number of thiazole rings is 1. The lowest BCUT2D eigenvalue weighted by atomic mass is 9.98. The van der Waals surface area contributed by atoms with E-state index in [-0.39, 0.29) is 23.9 Å². The van der Waals surface area contributed by atoms with Gasteiger partial charge in [-0.2, -0.15) is 0 Å². The smallest absolute Gasteiger partial charge is 0.271 e. The predicted octanol–water partition coefficient (Wildman–Crippen LogP) is 3.44. The van der Waals surface area contributed by atoms with E-state index in [4.69, 9.17) is 13.9 Å². The minimum absolute atomic E-state index is 0.176. The number of ketones is 1. The van der Waals surface area contributed by atoms with Crippen LogP contribution in [0.3, 0.4) is 0 Å². The van der Waals surface area contributed by atoms with Crippen LogP contribution in [0.2, 0.25) is 0 Å². The number of amides is 1. The zero-order chi connectivity index (χ0) is 27.5. The number of nitrogens with zero attached hydrogens (tertiary/aromatic N) is 2. The molecule has 2 aromatic carbocycles. The van der Waals surface area contributed by atoms with E-state index < -0.39 is 6.04 Å². The summed E-state index contributed by atoms with van der Waals surface area (Å²) in [5, 5.41) is 2.76. The van der Waals surface area contributed by atoms with Crippen LogP contribution in [0.4, 0.5) is 5.69 Å². The molecule has 39 heavy (non-hydrogen) atoms. The topological polar surface area (TPSA) is 112 Å². The van der Waals surface area contributed by atoms with E-state index in [0.29, 0.717) is 49.1 Å². The molecular weight excluding hydrogens is 518 g/mol. The Hall–Kier alpha value is -4.70. The number of ether oxygens (including phenoxy) is 2. The number of nitrogens with one attached hydrogen (secondary N) is 1. The number of methoxy groups -OCH3 is 1. The van der Waals surface area contributed by atoms with E-state index in [1.54, 1.807) is 55.5 Å². The number of hydrogen-bond acceptors (Lipinski definition) is 8. The summed E-state index contributed by atoms with van der Waals surface area (Å²) in [4.78, 5) is 43.3. The molecule has 1 aliphatic rings. The van der Waals surface area contributed by atoms with Crippen molar-refractivity contribution in [3.63, 3.8) is 0 Å². The third-order valence-corrected chi connectivity index (χ3v) is 7.10. The fourth-order valence-corrected chi connectivity index (χ4v) is 5.44. The Bertz CT molecular complexity index is 1750. The summed E-state index contributed by atoms with van der Waals surface area (Å²) in [6.07, 6.45) is 3.24. The van der Waals surface area contributed by atoms with Gasteiger partial charge in [-0.05, 0) is 61.9 Å². The van der Waals surface area contributed by atoms with E-state index in [1.165, 1.54) is 36.2 Å². The minimum Gasteiger partial charge on any atom is -0.493 e. The maximum absolute atomic E-state index is 13.6.